The summed E-state index contributed by atoms with van der Waals surface area (Å²) >= 11 is 0. The molecular formula is C19H25N3O. The van der Waals surface area contributed by atoms with Crippen molar-refractivity contribution in [3.63, 3.8) is 0 Å². The molecule has 0 aliphatic rings. The van der Waals surface area contributed by atoms with Gasteiger partial charge in [0, 0.05) is 31.2 Å². The van der Waals surface area contributed by atoms with Crippen LogP contribution in [0.1, 0.15) is 30.5 Å². The van der Waals surface area contributed by atoms with Crippen molar-refractivity contribution in [1.82, 2.24) is 9.88 Å². The van der Waals surface area contributed by atoms with Crippen molar-refractivity contribution in [2.45, 2.75) is 34.2 Å². The molecule has 4 nitrogen and oxygen atoms in total. The molecule has 1 aromatic heterocycles. The highest BCUT2D eigenvalue weighted by atomic mass is 16.2. The van der Waals surface area contributed by atoms with Gasteiger partial charge in [0.2, 0.25) is 0 Å². The summed E-state index contributed by atoms with van der Waals surface area (Å²) in [5.74, 6) is 0. The summed E-state index contributed by atoms with van der Waals surface area (Å²) in [7, 11) is 0. The van der Waals surface area contributed by atoms with Crippen LogP contribution in [0.15, 0.2) is 42.7 Å². The van der Waals surface area contributed by atoms with Crippen LogP contribution in [0, 0.1) is 13.8 Å². The monoisotopic (exact) mass is 311 g/mol. The SMILES string of the molecule is CCN(CC)C(=O)N(Cc1cccnc1)c1cc(C)cc(C)c1. The largest absolute Gasteiger partial charge is 0.325 e. The van der Waals surface area contributed by atoms with Crippen LogP contribution >= 0.6 is 0 Å². The molecule has 0 N–H and O–H groups in total. The summed E-state index contributed by atoms with van der Waals surface area (Å²) < 4.78 is 0. The third-order valence-electron chi connectivity index (χ3n) is 3.85. The van der Waals surface area contributed by atoms with Gasteiger partial charge >= 0.3 is 6.03 Å². The van der Waals surface area contributed by atoms with Gasteiger partial charge in [-0.05, 0) is 62.6 Å². The van der Waals surface area contributed by atoms with Gasteiger partial charge in [0.15, 0.2) is 0 Å². The molecule has 0 bridgehead atoms. The van der Waals surface area contributed by atoms with Gasteiger partial charge < -0.3 is 4.90 Å². The summed E-state index contributed by atoms with van der Waals surface area (Å²) in [6, 6.07) is 10.2. The number of urea groups is 1. The first-order valence-corrected chi connectivity index (χ1v) is 8.08. The minimum absolute atomic E-state index is 0.0313. The lowest BCUT2D eigenvalue weighted by atomic mass is 10.1. The third kappa shape index (κ3) is 4.31. The van der Waals surface area contributed by atoms with E-state index in [-0.39, 0.29) is 6.03 Å². The van der Waals surface area contributed by atoms with Crippen LogP contribution in [0.25, 0.3) is 0 Å². The standard InChI is InChI=1S/C19H25N3O/c1-5-21(6-2)19(23)22(14-17-8-7-9-20-13-17)18-11-15(3)10-16(4)12-18/h7-13H,5-6,14H2,1-4H3. The van der Waals surface area contributed by atoms with Gasteiger partial charge in [-0.15, -0.1) is 0 Å². The van der Waals surface area contributed by atoms with Crippen molar-refractivity contribution >= 4 is 11.7 Å². The van der Waals surface area contributed by atoms with E-state index in [1.165, 1.54) is 0 Å². The van der Waals surface area contributed by atoms with Gasteiger partial charge in [0.05, 0.1) is 6.54 Å². The highest BCUT2D eigenvalue weighted by molar-refractivity contribution is 5.92. The number of pyridine rings is 1. The molecule has 0 saturated carbocycles. The Bertz CT molecular complexity index is 631. The topological polar surface area (TPSA) is 36.4 Å². The first-order chi connectivity index (χ1) is 11.0. The Balaban J connectivity index is 2.39. The average molecular weight is 311 g/mol. The van der Waals surface area contributed by atoms with Crippen molar-refractivity contribution < 1.29 is 4.79 Å². The molecule has 4 heteroatoms. The van der Waals surface area contributed by atoms with E-state index in [1.807, 2.05) is 42.0 Å². The van der Waals surface area contributed by atoms with Crippen LogP contribution in [0.4, 0.5) is 10.5 Å². The van der Waals surface area contributed by atoms with Crippen molar-refractivity contribution in [1.29, 1.82) is 0 Å². The van der Waals surface area contributed by atoms with Gasteiger partial charge in [-0.2, -0.15) is 0 Å². The van der Waals surface area contributed by atoms with Crippen molar-refractivity contribution in [3.05, 3.63) is 59.4 Å². The zero-order chi connectivity index (χ0) is 16.8. The van der Waals surface area contributed by atoms with Gasteiger partial charge in [-0.25, -0.2) is 4.79 Å². The number of hydrogen-bond donors (Lipinski definition) is 0. The molecule has 0 aliphatic carbocycles. The molecule has 0 atom stereocenters. The minimum atomic E-state index is 0.0313. The fourth-order valence-electron chi connectivity index (χ4n) is 2.71. The van der Waals surface area contributed by atoms with Crippen LogP contribution in [-0.2, 0) is 6.54 Å². The molecule has 2 amide bonds. The highest BCUT2D eigenvalue weighted by Crippen LogP contribution is 2.22. The molecule has 23 heavy (non-hydrogen) atoms. The predicted molar refractivity (Wildman–Crippen MR) is 94.7 cm³/mol. The molecule has 1 heterocycles. The van der Waals surface area contributed by atoms with E-state index < -0.39 is 0 Å². The number of aromatic nitrogens is 1. The number of anilines is 1. The van der Waals surface area contributed by atoms with E-state index in [4.69, 9.17) is 0 Å². The molecular weight excluding hydrogens is 286 g/mol. The summed E-state index contributed by atoms with van der Waals surface area (Å²) in [5, 5.41) is 0. The Morgan fingerprint density at radius 3 is 2.26 bits per heavy atom. The zero-order valence-electron chi connectivity index (χ0n) is 14.4. The molecule has 0 spiro atoms. The summed E-state index contributed by atoms with van der Waals surface area (Å²) in [6.07, 6.45) is 3.56. The van der Waals surface area contributed by atoms with Crippen LogP contribution < -0.4 is 4.90 Å². The second kappa shape index (κ2) is 7.77. The maximum absolute atomic E-state index is 13.0. The molecule has 0 unspecified atom stereocenters. The summed E-state index contributed by atoms with van der Waals surface area (Å²) in [6.45, 7) is 10.0. The summed E-state index contributed by atoms with van der Waals surface area (Å²) in [4.78, 5) is 20.8. The first kappa shape index (κ1) is 17.0. The normalized spacial score (nSPS) is 10.4. The number of carbonyl (C=O) groups is 1. The second-order valence-electron chi connectivity index (χ2n) is 5.75. The molecule has 0 fully saturated rings. The number of hydrogen-bond acceptors (Lipinski definition) is 2. The molecule has 2 rings (SSSR count). The number of rotatable bonds is 5. The van der Waals surface area contributed by atoms with Crippen LogP contribution in [0.3, 0.4) is 0 Å². The van der Waals surface area contributed by atoms with E-state index >= 15 is 0 Å². The van der Waals surface area contributed by atoms with Crippen molar-refractivity contribution in [3.8, 4) is 0 Å². The molecule has 122 valence electrons. The smallest absolute Gasteiger partial charge is 0.324 e. The molecule has 0 radical (unpaired) electrons. The lowest BCUT2D eigenvalue weighted by molar-refractivity contribution is 0.209. The Kier molecular flexibility index (Phi) is 5.74. The van der Waals surface area contributed by atoms with Gasteiger partial charge in [0.1, 0.15) is 0 Å². The van der Waals surface area contributed by atoms with Crippen molar-refractivity contribution in [2.24, 2.45) is 0 Å². The predicted octanol–water partition coefficient (Wildman–Crippen LogP) is 4.17. The minimum Gasteiger partial charge on any atom is -0.325 e. The quantitative estimate of drug-likeness (QED) is 0.831. The molecule has 0 aliphatic heterocycles. The maximum atomic E-state index is 13.0. The number of nitrogens with zero attached hydrogens (tertiary/aromatic N) is 3. The van der Waals surface area contributed by atoms with Crippen LogP contribution in [0.2, 0.25) is 0 Å². The zero-order valence-corrected chi connectivity index (χ0v) is 14.4. The van der Waals surface area contributed by atoms with Crippen LogP contribution in [-0.4, -0.2) is 29.0 Å². The van der Waals surface area contributed by atoms with Crippen LogP contribution in [0.5, 0.6) is 0 Å². The fraction of sp³-hybridized carbons (Fsp3) is 0.368. The molecule has 1 aromatic carbocycles. The number of aryl methyl sites for hydroxylation is 2. The van der Waals surface area contributed by atoms with Gasteiger partial charge in [-0.3, -0.25) is 9.88 Å². The van der Waals surface area contributed by atoms with Gasteiger partial charge in [0.25, 0.3) is 0 Å². The average Bonchev–Trinajstić information content (AvgIpc) is 2.53. The number of benzene rings is 1. The number of carbonyl (C=O) groups excluding carboxylic acids is 1. The van der Waals surface area contributed by atoms with E-state index in [2.05, 4.69) is 37.0 Å². The second-order valence-corrected chi connectivity index (χ2v) is 5.75. The van der Waals surface area contributed by atoms with E-state index in [1.54, 1.807) is 6.20 Å². The molecule has 2 aromatic rings. The Morgan fingerprint density at radius 1 is 1.09 bits per heavy atom. The number of amides is 2. The van der Waals surface area contributed by atoms with E-state index in [0.717, 1.165) is 22.4 Å². The van der Waals surface area contributed by atoms with Crippen molar-refractivity contribution in [2.75, 3.05) is 18.0 Å². The third-order valence-corrected chi connectivity index (χ3v) is 3.85. The Morgan fingerprint density at radius 2 is 1.74 bits per heavy atom. The highest BCUT2D eigenvalue weighted by Gasteiger charge is 2.21. The van der Waals surface area contributed by atoms with Gasteiger partial charge in [-0.1, -0.05) is 12.1 Å². The Labute approximate surface area is 138 Å². The van der Waals surface area contributed by atoms with E-state index in [0.29, 0.717) is 19.6 Å². The fourth-order valence-corrected chi connectivity index (χ4v) is 2.71. The Hall–Kier alpha value is -2.36. The molecule has 0 saturated heterocycles. The summed E-state index contributed by atoms with van der Waals surface area (Å²) in [5.41, 5.74) is 4.27. The maximum Gasteiger partial charge on any atom is 0.324 e. The lowest BCUT2D eigenvalue weighted by Crippen LogP contribution is -2.43. The van der Waals surface area contributed by atoms with E-state index in [9.17, 15) is 4.79 Å². The lowest BCUT2D eigenvalue weighted by Gasteiger charge is -2.30. The first-order valence-electron chi connectivity index (χ1n) is 8.08.